The number of hydrogen-bond donors (Lipinski definition) is 0. The third-order valence-corrected chi connectivity index (χ3v) is 2.67. The molecule has 0 fully saturated rings. The Morgan fingerprint density at radius 2 is 1.67 bits per heavy atom. The second-order valence-electron chi connectivity index (χ2n) is 2.49. The van der Waals surface area contributed by atoms with Gasteiger partial charge in [-0.25, -0.2) is 0 Å². The van der Waals surface area contributed by atoms with Crippen molar-refractivity contribution in [2.75, 3.05) is 0 Å². The van der Waals surface area contributed by atoms with E-state index in [4.69, 9.17) is 0 Å². The lowest BCUT2D eigenvalue weighted by Gasteiger charge is -2.01. The van der Waals surface area contributed by atoms with Crippen LogP contribution in [-0.4, -0.2) is 16.4 Å². The van der Waals surface area contributed by atoms with E-state index in [0.717, 1.165) is 12.1 Å². The molecule has 0 aromatic carbocycles. The Bertz CT molecular complexity index is 28.5. The minimum atomic E-state index is 0.914. The molecule has 0 unspecified atom stereocenters. The maximum atomic E-state index is 2.30. The fourth-order valence-electron chi connectivity index (χ4n) is 0. The van der Waals surface area contributed by atoms with Gasteiger partial charge in [-0.05, 0) is 10.1 Å². The molecule has 0 aliphatic heterocycles. The van der Waals surface area contributed by atoms with Gasteiger partial charge in [-0.2, -0.15) is 0 Å². The molecule has 0 N–H and O–H groups in total. The third kappa shape index (κ3) is 2.52. The Balaban J connectivity index is 2.99. The van der Waals surface area contributed by atoms with Gasteiger partial charge in [0.15, 0.2) is 0 Å². The van der Waals surface area contributed by atoms with Crippen LogP contribution in [0.4, 0.5) is 0 Å². The van der Waals surface area contributed by atoms with Crippen LogP contribution < -0.4 is 0 Å². The molecule has 0 bridgehead atoms. The summed E-state index contributed by atoms with van der Waals surface area (Å²) in [6.45, 7) is 6.85. The molecule has 0 aliphatic rings. The first kappa shape index (κ1) is 6.28. The van der Waals surface area contributed by atoms with E-state index in [0.29, 0.717) is 0 Å². The summed E-state index contributed by atoms with van der Waals surface area (Å²) in [6.07, 6.45) is 0.991. The molecular weight excluding hydrogens is 86.9 g/mol. The van der Waals surface area contributed by atoms with Crippen LogP contribution in [0.2, 0.25) is 12.6 Å². The lowest BCUT2D eigenvalue weighted by Crippen LogP contribution is -2.10. The molecule has 0 aliphatic carbocycles. The van der Waals surface area contributed by atoms with Crippen molar-refractivity contribution in [3.05, 3.63) is 0 Å². The van der Waals surface area contributed by atoms with Gasteiger partial charge in [0.2, 0.25) is 0 Å². The quantitative estimate of drug-likeness (QED) is 0.418. The van der Waals surface area contributed by atoms with Gasteiger partial charge in [0.1, 0.15) is 6.31 Å². The highest BCUT2D eigenvalue weighted by Crippen LogP contribution is 2.00. The van der Waals surface area contributed by atoms with Crippen molar-refractivity contribution < 1.29 is 0 Å². The topological polar surface area (TPSA) is 0 Å². The Kier molecular flexibility index (Phi) is 2.57. The van der Waals surface area contributed by atoms with E-state index >= 15 is 0 Å². The highest BCUT2D eigenvalue weighted by atomic mass is 28.1. The van der Waals surface area contributed by atoms with Crippen molar-refractivity contribution in [2.24, 2.45) is 0 Å². The van der Waals surface area contributed by atoms with Gasteiger partial charge < -0.3 is 0 Å². The van der Waals surface area contributed by atoms with Crippen LogP contribution in [0.15, 0.2) is 0 Å². The van der Waals surface area contributed by atoms with Crippen LogP contribution in [0, 0.1) is 0 Å². The van der Waals surface area contributed by atoms with Gasteiger partial charge in [0.05, 0.1) is 0 Å². The van der Waals surface area contributed by atoms with Crippen LogP contribution in [-0.2, 0) is 0 Å². The molecule has 2 heteroatoms. The highest BCUT2D eigenvalue weighted by molar-refractivity contribution is 7.03. The lowest BCUT2D eigenvalue weighted by atomic mass is 9.66. The van der Waals surface area contributed by atoms with Crippen LogP contribution in [0.3, 0.4) is 0 Å². The summed E-state index contributed by atoms with van der Waals surface area (Å²) in [4.78, 5) is 0. The molecular formula is C4H13BSi. The Morgan fingerprint density at radius 3 is 1.67 bits per heavy atom. The maximum absolute atomic E-state index is 2.30. The zero-order valence-corrected chi connectivity index (χ0v) is 7.15. The Labute approximate surface area is 43.8 Å². The zero-order valence-electron chi connectivity index (χ0n) is 5.15. The average Bonchev–Trinajstić information content (AvgIpc) is 1.36. The van der Waals surface area contributed by atoms with Gasteiger partial charge in [0, 0.05) is 0 Å². The molecule has 0 saturated carbocycles. The van der Waals surface area contributed by atoms with Gasteiger partial charge in [-0.15, -0.1) is 0 Å². The predicted molar refractivity (Wildman–Crippen MR) is 36.7 cm³/mol. The van der Waals surface area contributed by atoms with E-state index in [1.165, 1.54) is 10.1 Å². The van der Waals surface area contributed by atoms with Crippen molar-refractivity contribution in [3.8, 4) is 0 Å². The standard InChI is InChI=1S/C4H13BSi/c1-4(2)5(3)6/h4H,1-3,6H3. The molecule has 0 spiro atoms. The summed E-state index contributed by atoms with van der Waals surface area (Å²) in [7, 11) is 1.35. The third-order valence-electron chi connectivity index (χ3n) is 1.33. The summed E-state index contributed by atoms with van der Waals surface area (Å²) >= 11 is 0. The zero-order chi connectivity index (χ0) is 5.15. The average molecular weight is 100 g/mol. The molecule has 0 radical (unpaired) electrons. The Hall–Kier alpha value is 0.282. The fourth-order valence-corrected chi connectivity index (χ4v) is 0. The molecule has 0 atom stereocenters. The molecule has 0 nitrogen and oxygen atoms in total. The summed E-state index contributed by atoms with van der Waals surface area (Å²) in [6, 6.07) is 0. The maximum Gasteiger partial charge on any atom is 0.122 e. The van der Waals surface area contributed by atoms with Crippen molar-refractivity contribution in [3.63, 3.8) is 0 Å². The SMILES string of the molecule is CB([SiH3])C(C)C. The highest BCUT2D eigenvalue weighted by Gasteiger charge is 2.00. The first-order valence-electron chi connectivity index (χ1n) is 2.64. The van der Waals surface area contributed by atoms with Crippen LogP contribution in [0.25, 0.3) is 0 Å². The van der Waals surface area contributed by atoms with Crippen molar-refractivity contribution in [2.45, 2.75) is 26.5 Å². The number of rotatable bonds is 1. The van der Waals surface area contributed by atoms with E-state index < -0.39 is 0 Å². The lowest BCUT2D eigenvalue weighted by molar-refractivity contribution is 1.06. The summed E-state index contributed by atoms with van der Waals surface area (Å²) in [5.41, 5.74) is 0. The molecule has 0 amide bonds. The molecule has 6 heavy (non-hydrogen) atoms. The van der Waals surface area contributed by atoms with E-state index in [2.05, 4.69) is 20.7 Å². The van der Waals surface area contributed by atoms with Gasteiger partial charge in [-0.3, -0.25) is 0 Å². The molecule has 0 heterocycles. The van der Waals surface area contributed by atoms with E-state index in [-0.39, 0.29) is 0 Å². The second-order valence-corrected chi connectivity index (χ2v) is 4.31. The minimum Gasteiger partial charge on any atom is -0.0887 e. The Morgan fingerprint density at radius 1 is 1.50 bits per heavy atom. The minimum absolute atomic E-state index is 0.914. The first-order valence-corrected chi connectivity index (χ1v) is 3.80. The number of hydrogen-bond acceptors (Lipinski definition) is 0. The molecule has 0 aromatic heterocycles. The molecule has 0 saturated heterocycles. The van der Waals surface area contributed by atoms with E-state index in [1.807, 2.05) is 0 Å². The van der Waals surface area contributed by atoms with Gasteiger partial charge in [-0.1, -0.05) is 26.5 Å². The predicted octanol–water partition coefficient (Wildman–Crippen LogP) is 0.383. The van der Waals surface area contributed by atoms with Gasteiger partial charge in [0.25, 0.3) is 0 Å². The van der Waals surface area contributed by atoms with E-state index in [1.54, 1.807) is 0 Å². The summed E-state index contributed by atoms with van der Waals surface area (Å²) in [5.74, 6) is 0.914. The normalized spacial score (nSPS) is 10.0. The fraction of sp³-hybridized carbons (Fsp3) is 1.00. The summed E-state index contributed by atoms with van der Waals surface area (Å²) in [5, 5.41) is 0. The van der Waals surface area contributed by atoms with E-state index in [9.17, 15) is 0 Å². The van der Waals surface area contributed by atoms with Crippen LogP contribution >= 0.6 is 0 Å². The molecule has 0 aromatic rings. The van der Waals surface area contributed by atoms with Gasteiger partial charge >= 0.3 is 0 Å². The largest absolute Gasteiger partial charge is 0.122 e. The smallest absolute Gasteiger partial charge is 0.0887 e. The second kappa shape index (κ2) is 2.45. The van der Waals surface area contributed by atoms with Crippen molar-refractivity contribution >= 4 is 16.4 Å². The molecule has 36 valence electrons. The van der Waals surface area contributed by atoms with Crippen LogP contribution in [0.5, 0.6) is 0 Å². The first-order chi connectivity index (χ1) is 2.64. The molecule has 0 rings (SSSR count). The monoisotopic (exact) mass is 100 g/mol. The van der Waals surface area contributed by atoms with Crippen LogP contribution in [0.1, 0.15) is 13.8 Å². The summed E-state index contributed by atoms with van der Waals surface area (Å²) < 4.78 is 0. The van der Waals surface area contributed by atoms with Crippen molar-refractivity contribution in [1.82, 2.24) is 0 Å². The van der Waals surface area contributed by atoms with Crippen molar-refractivity contribution in [1.29, 1.82) is 0 Å².